The number of nitrogens with one attached hydrogen (secondary N) is 1. The molecular weight excluding hydrogens is 266 g/mol. The molecule has 3 unspecified atom stereocenters. The monoisotopic (exact) mass is 295 g/mol. The van der Waals surface area contributed by atoms with Crippen LogP contribution < -0.4 is 10.2 Å². The first-order chi connectivity index (χ1) is 9.63. The standard InChI is InChI=1S/C16H29N3S/c1-5-10-17-13(3)15-11-18-16(20-15)19(4)14-9-7-6-8-12(14)2/h11-14,17H,5-10H2,1-4H3. The van der Waals surface area contributed by atoms with Crippen molar-refractivity contribution in [3.63, 3.8) is 0 Å². The lowest BCUT2D eigenvalue weighted by molar-refractivity contribution is 0.321. The molecule has 4 heteroatoms. The predicted octanol–water partition coefficient (Wildman–Crippen LogP) is 4.22. The Morgan fingerprint density at radius 1 is 1.45 bits per heavy atom. The Morgan fingerprint density at radius 2 is 2.20 bits per heavy atom. The first-order valence-electron chi connectivity index (χ1n) is 8.05. The summed E-state index contributed by atoms with van der Waals surface area (Å²) in [5.41, 5.74) is 0. The summed E-state index contributed by atoms with van der Waals surface area (Å²) in [7, 11) is 2.22. The Kier molecular flexibility index (Phi) is 5.85. The minimum atomic E-state index is 0.415. The SMILES string of the molecule is CCCNC(C)c1cnc(N(C)C2CCCCC2C)s1. The van der Waals surface area contributed by atoms with Crippen molar-refractivity contribution >= 4 is 16.5 Å². The van der Waals surface area contributed by atoms with Crippen LogP contribution >= 0.6 is 11.3 Å². The summed E-state index contributed by atoms with van der Waals surface area (Å²) in [6.07, 6.45) is 8.67. The van der Waals surface area contributed by atoms with Gasteiger partial charge in [-0.05, 0) is 38.6 Å². The zero-order chi connectivity index (χ0) is 14.5. The lowest BCUT2D eigenvalue weighted by atomic mass is 9.85. The van der Waals surface area contributed by atoms with E-state index in [1.807, 2.05) is 11.3 Å². The third kappa shape index (κ3) is 3.73. The van der Waals surface area contributed by atoms with E-state index in [1.165, 1.54) is 42.1 Å². The van der Waals surface area contributed by atoms with Crippen molar-refractivity contribution in [1.29, 1.82) is 0 Å². The fraction of sp³-hybridized carbons (Fsp3) is 0.812. The third-order valence-corrected chi connectivity index (χ3v) is 5.77. The van der Waals surface area contributed by atoms with E-state index >= 15 is 0 Å². The van der Waals surface area contributed by atoms with Crippen LogP contribution in [0.1, 0.15) is 63.8 Å². The average Bonchev–Trinajstić information content (AvgIpc) is 2.94. The number of hydrogen-bond donors (Lipinski definition) is 1. The highest BCUT2D eigenvalue weighted by molar-refractivity contribution is 7.15. The molecule has 3 nitrogen and oxygen atoms in total. The number of hydrogen-bond acceptors (Lipinski definition) is 4. The molecule has 0 spiro atoms. The molecule has 0 aliphatic heterocycles. The molecule has 3 atom stereocenters. The van der Waals surface area contributed by atoms with Crippen molar-refractivity contribution in [3.05, 3.63) is 11.1 Å². The van der Waals surface area contributed by atoms with Gasteiger partial charge in [0.05, 0.1) is 0 Å². The van der Waals surface area contributed by atoms with Crippen molar-refractivity contribution in [2.24, 2.45) is 5.92 Å². The zero-order valence-corrected chi connectivity index (χ0v) is 14.2. The molecular formula is C16H29N3S. The van der Waals surface area contributed by atoms with Crippen LogP contribution in [0.2, 0.25) is 0 Å². The highest BCUT2D eigenvalue weighted by Crippen LogP contribution is 2.33. The Labute approximate surface area is 127 Å². The third-order valence-electron chi connectivity index (χ3n) is 4.50. The van der Waals surface area contributed by atoms with Crippen LogP contribution in [0.5, 0.6) is 0 Å². The van der Waals surface area contributed by atoms with E-state index in [-0.39, 0.29) is 0 Å². The first-order valence-corrected chi connectivity index (χ1v) is 8.87. The fourth-order valence-corrected chi connectivity index (χ4v) is 4.08. The first kappa shape index (κ1) is 15.8. The predicted molar refractivity (Wildman–Crippen MR) is 88.6 cm³/mol. The molecule has 1 N–H and O–H groups in total. The topological polar surface area (TPSA) is 28.2 Å². The summed E-state index contributed by atoms with van der Waals surface area (Å²) in [6.45, 7) is 7.90. The summed E-state index contributed by atoms with van der Waals surface area (Å²) < 4.78 is 0. The maximum Gasteiger partial charge on any atom is 0.185 e. The largest absolute Gasteiger partial charge is 0.348 e. The second kappa shape index (κ2) is 7.41. The normalized spacial score (nSPS) is 24.6. The van der Waals surface area contributed by atoms with E-state index in [1.54, 1.807) is 0 Å². The summed E-state index contributed by atoms with van der Waals surface area (Å²) in [5, 5.41) is 4.73. The summed E-state index contributed by atoms with van der Waals surface area (Å²) in [6, 6.07) is 1.08. The van der Waals surface area contributed by atoms with Crippen molar-refractivity contribution in [3.8, 4) is 0 Å². The number of aromatic nitrogens is 1. The molecule has 20 heavy (non-hydrogen) atoms. The Hall–Kier alpha value is -0.610. The second-order valence-corrected chi connectivity index (χ2v) is 7.20. The van der Waals surface area contributed by atoms with Crippen LogP contribution in [0.15, 0.2) is 6.20 Å². The minimum absolute atomic E-state index is 0.415. The van der Waals surface area contributed by atoms with E-state index in [9.17, 15) is 0 Å². The molecule has 1 saturated carbocycles. The van der Waals surface area contributed by atoms with Gasteiger partial charge in [0.2, 0.25) is 0 Å². The molecule has 0 radical (unpaired) electrons. The number of rotatable bonds is 6. The average molecular weight is 295 g/mol. The van der Waals surface area contributed by atoms with Crippen molar-refractivity contribution in [2.75, 3.05) is 18.5 Å². The molecule has 0 bridgehead atoms. The number of anilines is 1. The highest BCUT2D eigenvalue weighted by atomic mass is 32.1. The van der Waals surface area contributed by atoms with Gasteiger partial charge < -0.3 is 10.2 Å². The van der Waals surface area contributed by atoms with Gasteiger partial charge in [0.25, 0.3) is 0 Å². The van der Waals surface area contributed by atoms with Crippen LogP contribution in [0, 0.1) is 5.92 Å². The number of thiazole rings is 1. The van der Waals surface area contributed by atoms with Gasteiger partial charge in [0.15, 0.2) is 5.13 Å². The summed E-state index contributed by atoms with van der Waals surface area (Å²) in [5.74, 6) is 0.789. The van der Waals surface area contributed by atoms with E-state index in [4.69, 9.17) is 0 Å². The molecule has 114 valence electrons. The van der Waals surface area contributed by atoms with Gasteiger partial charge in [-0.25, -0.2) is 4.98 Å². The minimum Gasteiger partial charge on any atom is -0.348 e. The van der Waals surface area contributed by atoms with E-state index in [0.29, 0.717) is 12.1 Å². The van der Waals surface area contributed by atoms with Gasteiger partial charge in [0, 0.05) is 30.2 Å². The van der Waals surface area contributed by atoms with Crippen LogP contribution in [-0.2, 0) is 0 Å². The molecule has 1 fully saturated rings. The van der Waals surface area contributed by atoms with Crippen molar-refractivity contribution in [2.45, 2.75) is 65.0 Å². The molecule has 2 rings (SSSR count). The van der Waals surface area contributed by atoms with Gasteiger partial charge in [-0.1, -0.05) is 26.7 Å². The molecule has 0 aromatic carbocycles. The lowest BCUT2D eigenvalue weighted by Gasteiger charge is -2.36. The maximum absolute atomic E-state index is 4.66. The van der Waals surface area contributed by atoms with Gasteiger partial charge in [-0.2, -0.15) is 0 Å². The summed E-state index contributed by atoms with van der Waals surface area (Å²) in [4.78, 5) is 8.43. The molecule has 1 aliphatic carbocycles. The molecule has 0 saturated heterocycles. The molecule has 1 aromatic heterocycles. The van der Waals surface area contributed by atoms with Gasteiger partial charge in [-0.3, -0.25) is 0 Å². The van der Waals surface area contributed by atoms with E-state index in [0.717, 1.165) is 12.5 Å². The van der Waals surface area contributed by atoms with Gasteiger partial charge in [-0.15, -0.1) is 11.3 Å². The van der Waals surface area contributed by atoms with Crippen molar-refractivity contribution in [1.82, 2.24) is 10.3 Å². The zero-order valence-electron chi connectivity index (χ0n) is 13.4. The van der Waals surface area contributed by atoms with E-state index < -0.39 is 0 Å². The Bertz CT molecular complexity index is 404. The second-order valence-electron chi connectivity index (χ2n) is 6.16. The van der Waals surface area contributed by atoms with Gasteiger partial charge in [0.1, 0.15) is 0 Å². The van der Waals surface area contributed by atoms with Crippen LogP contribution in [0.3, 0.4) is 0 Å². The van der Waals surface area contributed by atoms with Crippen molar-refractivity contribution < 1.29 is 0 Å². The maximum atomic E-state index is 4.66. The fourth-order valence-electron chi connectivity index (χ4n) is 3.12. The highest BCUT2D eigenvalue weighted by Gasteiger charge is 2.26. The van der Waals surface area contributed by atoms with Gasteiger partial charge >= 0.3 is 0 Å². The lowest BCUT2D eigenvalue weighted by Crippen LogP contribution is -2.38. The Morgan fingerprint density at radius 3 is 2.90 bits per heavy atom. The van der Waals surface area contributed by atoms with Crippen LogP contribution in [-0.4, -0.2) is 24.6 Å². The summed E-state index contributed by atoms with van der Waals surface area (Å²) >= 11 is 1.85. The van der Waals surface area contributed by atoms with Crippen LogP contribution in [0.4, 0.5) is 5.13 Å². The Balaban J connectivity index is 2.00. The molecule has 1 aliphatic rings. The van der Waals surface area contributed by atoms with E-state index in [2.05, 4.69) is 49.2 Å². The van der Waals surface area contributed by atoms with Crippen LogP contribution in [0.25, 0.3) is 0 Å². The quantitative estimate of drug-likeness (QED) is 0.851. The smallest absolute Gasteiger partial charge is 0.185 e. The molecule has 1 aromatic rings. The number of nitrogens with zero attached hydrogens (tertiary/aromatic N) is 2. The molecule has 1 heterocycles. The molecule has 0 amide bonds.